The lowest BCUT2D eigenvalue weighted by Gasteiger charge is -2.11. The van der Waals surface area contributed by atoms with E-state index in [9.17, 15) is 9.59 Å². The van der Waals surface area contributed by atoms with Crippen LogP contribution in [0.3, 0.4) is 0 Å². The predicted octanol–water partition coefficient (Wildman–Crippen LogP) is 2.86. The van der Waals surface area contributed by atoms with Crippen molar-refractivity contribution in [3.05, 3.63) is 65.2 Å². The Hall–Kier alpha value is -2.82. The van der Waals surface area contributed by atoms with E-state index < -0.39 is 0 Å². The second-order valence-electron chi connectivity index (χ2n) is 5.47. The first-order chi connectivity index (χ1) is 11.0. The minimum atomic E-state index is -0.387. The molecule has 2 aromatic rings. The van der Waals surface area contributed by atoms with Crippen molar-refractivity contribution in [2.75, 3.05) is 0 Å². The summed E-state index contributed by atoms with van der Waals surface area (Å²) < 4.78 is 5.51. The van der Waals surface area contributed by atoms with Crippen LogP contribution in [0.25, 0.3) is 0 Å². The van der Waals surface area contributed by atoms with Gasteiger partial charge >= 0.3 is 0 Å². The Labute approximate surface area is 135 Å². The Kier molecular flexibility index (Phi) is 5.36. The van der Waals surface area contributed by atoms with Gasteiger partial charge in [0.15, 0.2) is 0 Å². The third-order valence-corrected chi connectivity index (χ3v) is 3.06. The zero-order valence-electron chi connectivity index (χ0n) is 13.4. The predicted molar refractivity (Wildman–Crippen MR) is 88.3 cm³/mol. The average molecular weight is 312 g/mol. The fraction of sp³-hybridized carbons (Fsp3) is 0.222. The van der Waals surface area contributed by atoms with E-state index in [1.165, 1.54) is 0 Å². The van der Waals surface area contributed by atoms with E-state index in [2.05, 4.69) is 10.9 Å². The SMILES string of the molecule is Cc1cccc(C(=O)NNC(=O)c2ccc(OC(C)C)cc2)c1. The van der Waals surface area contributed by atoms with Crippen LogP contribution >= 0.6 is 0 Å². The molecule has 0 aliphatic rings. The lowest BCUT2D eigenvalue weighted by atomic mass is 10.1. The van der Waals surface area contributed by atoms with Crippen molar-refractivity contribution in [2.45, 2.75) is 26.9 Å². The number of rotatable bonds is 4. The van der Waals surface area contributed by atoms with Crippen LogP contribution < -0.4 is 15.6 Å². The molecule has 5 nitrogen and oxygen atoms in total. The van der Waals surface area contributed by atoms with Crippen molar-refractivity contribution >= 4 is 11.8 Å². The highest BCUT2D eigenvalue weighted by atomic mass is 16.5. The first-order valence-corrected chi connectivity index (χ1v) is 7.40. The Balaban J connectivity index is 1.93. The first kappa shape index (κ1) is 16.5. The van der Waals surface area contributed by atoms with Crippen LogP contribution in [-0.2, 0) is 0 Å². The molecule has 23 heavy (non-hydrogen) atoms. The quantitative estimate of drug-likeness (QED) is 0.853. The number of benzene rings is 2. The maximum absolute atomic E-state index is 12.0. The summed E-state index contributed by atoms with van der Waals surface area (Å²) in [5, 5.41) is 0. The Morgan fingerprint density at radius 2 is 1.52 bits per heavy atom. The van der Waals surface area contributed by atoms with Gasteiger partial charge in [-0.05, 0) is 57.2 Å². The van der Waals surface area contributed by atoms with Crippen molar-refractivity contribution in [1.82, 2.24) is 10.9 Å². The third-order valence-electron chi connectivity index (χ3n) is 3.06. The van der Waals surface area contributed by atoms with Crippen LogP contribution in [0.1, 0.15) is 40.1 Å². The van der Waals surface area contributed by atoms with E-state index >= 15 is 0 Å². The molecule has 0 bridgehead atoms. The fourth-order valence-corrected chi connectivity index (χ4v) is 2.00. The van der Waals surface area contributed by atoms with Gasteiger partial charge < -0.3 is 4.74 Å². The number of carbonyl (C=O) groups excluding carboxylic acids is 2. The molecule has 0 aliphatic carbocycles. The molecule has 0 saturated heterocycles. The summed E-state index contributed by atoms with van der Waals surface area (Å²) in [4.78, 5) is 24.0. The molecule has 120 valence electrons. The van der Waals surface area contributed by atoms with Gasteiger partial charge in [-0.25, -0.2) is 0 Å². The highest BCUT2D eigenvalue weighted by Crippen LogP contribution is 2.13. The molecule has 2 N–H and O–H groups in total. The van der Waals surface area contributed by atoms with Gasteiger partial charge in [-0.2, -0.15) is 0 Å². The topological polar surface area (TPSA) is 67.4 Å². The van der Waals surface area contributed by atoms with Crippen LogP contribution in [-0.4, -0.2) is 17.9 Å². The molecule has 5 heteroatoms. The van der Waals surface area contributed by atoms with Gasteiger partial charge in [0, 0.05) is 11.1 Å². The van der Waals surface area contributed by atoms with Crippen molar-refractivity contribution in [3.8, 4) is 5.75 Å². The zero-order valence-corrected chi connectivity index (χ0v) is 13.4. The lowest BCUT2D eigenvalue weighted by molar-refractivity contribution is 0.0846. The van der Waals surface area contributed by atoms with Gasteiger partial charge in [0.05, 0.1) is 6.10 Å². The van der Waals surface area contributed by atoms with Crippen LogP contribution in [0, 0.1) is 6.92 Å². The molecule has 0 unspecified atom stereocenters. The number of aryl methyl sites for hydroxylation is 1. The van der Waals surface area contributed by atoms with E-state index in [1.54, 1.807) is 42.5 Å². The standard InChI is InChI=1S/C18H20N2O3/c1-12(2)23-16-9-7-14(8-10-16)17(21)19-20-18(22)15-6-4-5-13(3)11-15/h4-12H,1-3H3,(H,19,21)(H,20,22). The van der Waals surface area contributed by atoms with Crippen molar-refractivity contribution in [3.63, 3.8) is 0 Å². The minimum Gasteiger partial charge on any atom is -0.491 e. The van der Waals surface area contributed by atoms with Crippen molar-refractivity contribution in [1.29, 1.82) is 0 Å². The molecule has 2 amide bonds. The van der Waals surface area contributed by atoms with Gasteiger partial charge in [0.2, 0.25) is 0 Å². The summed E-state index contributed by atoms with van der Waals surface area (Å²) in [6.07, 6.45) is 0.0725. The Morgan fingerprint density at radius 3 is 2.09 bits per heavy atom. The smallest absolute Gasteiger partial charge is 0.269 e. The number of hydrogen-bond donors (Lipinski definition) is 2. The summed E-state index contributed by atoms with van der Waals surface area (Å²) in [6.45, 7) is 5.76. The minimum absolute atomic E-state index is 0.0725. The monoisotopic (exact) mass is 312 g/mol. The van der Waals surface area contributed by atoms with Crippen molar-refractivity contribution in [2.24, 2.45) is 0 Å². The van der Waals surface area contributed by atoms with Crippen LogP contribution in [0.15, 0.2) is 48.5 Å². The summed E-state index contributed by atoms with van der Waals surface area (Å²) in [6, 6.07) is 13.9. The number of carbonyl (C=O) groups is 2. The Bertz CT molecular complexity index is 694. The van der Waals surface area contributed by atoms with Gasteiger partial charge in [-0.3, -0.25) is 20.4 Å². The average Bonchev–Trinajstić information content (AvgIpc) is 2.52. The number of ether oxygens (including phenoxy) is 1. The van der Waals surface area contributed by atoms with Gasteiger partial charge in [0.25, 0.3) is 11.8 Å². The highest BCUT2D eigenvalue weighted by molar-refractivity contribution is 5.99. The largest absolute Gasteiger partial charge is 0.491 e. The lowest BCUT2D eigenvalue weighted by Crippen LogP contribution is -2.41. The molecule has 2 rings (SSSR count). The molecular formula is C18H20N2O3. The summed E-state index contributed by atoms with van der Waals surface area (Å²) in [5.74, 6) is -0.0516. The fourth-order valence-electron chi connectivity index (χ4n) is 2.00. The van der Waals surface area contributed by atoms with E-state index in [0.717, 1.165) is 5.56 Å². The second kappa shape index (κ2) is 7.45. The summed E-state index contributed by atoms with van der Waals surface area (Å²) in [5.41, 5.74) is 6.70. The molecule has 0 atom stereocenters. The number of nitrogens with one attached hydrogen (secondary N) is 2. The number of amides is 2. The molecule has 0 radical (unpaired) electrons. The molecule has 0 fully saturated rings. The molecule has 2 aromatic carbocycles. The molecule has 0 spiro atoms. The number of hydrogen-bond acceptors (Lipinski definition) is 3. The van der Waals surface area contributed by atoms with E-state index in [-0.39, 0.29) is 17.9 Å². The van der Waals surface area contributed by atoms with Gasteiger partial charge in [-0.15, -0.1) is 0 Å². The van der Waals surface area contributed by atoms with Gasteiger partial charge in [-0.1, -0.05) is 17.7 Å². The molecule has 0 saturated carbocycles. The number of hydrazine groups is 1. The molecule has 0 aliphatic heterocycles. The normalized spacial score (nSPS) is 10.3. The van der Waals surface area contributed by atoms with Crippen LogP contribution in [0.2, 0.25) is 0 Å². The van der Waals surface area contributed by atoms with E-state index in [4.69, 9.17) is 4.74 Å². The van der Waals surface area contributed by atoms with E-state index in [1.807, 2.05) is 26.8 Å². The van der Waals surface area contributed by atoms with Crippen LogP contribution in [0.5, 0.6) is 5.75 Å². The Morgan fingerprint density at radius 1 is 0.913 bits per heavy atom. The molecule has 0 aromatic heterocycles. The maximum atomic E-state index is 12.0. The first-order valence-electron chi connectivity index (χ1n) is 7.40. The molecular weight excluding hydrogens is 292 g/mol. The van der Waals surface area contributed by atoms with Crippen molar-refractivity contribution < 1.29 is 14.3 Å². The van der Waals surface area contributed by atoms with E-state index in [0.29, 0.717) is 16.9 Å². The molecule has 0 heterocycles. The third kappa shape index (κ3) is 4.85. The highest BCUT2D eigenvalue weighted by Gasteiger charge is 2.09. The second-order valence-corrected chi connectivity index (χ2v) is 5.47. The summed E-state index contributed by atoms with van der Waals surface area (Å²) in [7, 11) is 0. The maximum Gasteiger partial charge on any atom is 0.269 e. The van der Waals surface area contributed by atoms with Gasteiger partial charge in [0.1, 0.15) is 5.75 Å². The summed E-state index contributed by atoms with van der Waals surface area (Å²) >= 11 is 0. The van der Waals surface area contributed by atoms with Crippen LogP contribution in [0.4, 0.5) is 0 Å². The zero-order chi connectivity index (χ0) is 16.8.